The Hall–Kier alpha value is -0.480. The summed E-state index contributed by atoms with van der Waals surface area (Å²) in [7, 11) is 0. The van der Waals surface area contributed by atoms with Crippen LogP contribution in [0.3, 0.4) is 0 Å². The van der Waals surface area contributed by atoms with Gasteiger partial charge in [0.05, 0.1) is 11.7 Å². The SMILES string of the molecule is CC1(C)CN(c2cc(Cl)cc(Cl)c2)CC(CN)O1. The molecule has 5 heteroatoms. The van der Waals surface area contributed by atoms with Crippen LogP contribution < -0.4 is 10.6 Å². The largest absolute Gasteiger partial charge is 0.367 e. The van der Waals surface area contributed by atoms with E-state index in [1.54, 1.807) is 6.07 Å². The number of halogens is 2. The zero-order chi connectivity index (χ0) is 13.3. The predicted molar refractivity (Wildman–Crippen MR) is 76.7 cm³/mol. The van der Waals surface area contributed by atoms with E-state index in [0.717, 1.165) is 18.8 Å². The Labute approximate surface area is 118 Å². The number of rotatable bonds is 2. The molecule has 0 saturated carbocycles. The van der Waals surface area contributed by atoms with Gasteiger partial charge in [-0.25, -0.2) is 0 Å². The van der Waals surface area contributed by atoms with Gasteiger partial charge in [-0.05, 0) is 32.0 Å². The van der Waals surface area contributed by atoms with Crippen LogP contribution in [0.15, 0.2) is 18.2 Å². The van der Waals surface area contributed by atoms with Crippen molar-refractivity contribution < 1.29 is 4.74 Å². The summed E-state index contributed by atoms with van der Waals surface area (Å²) < 4.78 is 5.90. The van der Waals surface area contributed by atoms with Crippen molar-refractivity contribution in [2.24, 2.45) is 5.73 Å². The monoisotopic (exact) mass is 288 g/mol. The Morgan fingerprint density at radius 1 is 1.33 bits per heavy atom. The second-order valence-electron chi connectivity index (χ2n) is 5.24. The van der Waals surface area contributed by atoms with E-state index in [-0.39, 0.29) is 11.7 Å². The number of hydrogen-bond acceptors (Lipinski definition) is 3. The van der Waals surface area contributed by atoms with Gasteiger partial charge in [0, 0.05) is 35.4 Å². The van der Waals surface area contributed by atoms with Gasteiger partial charge in [0.15, 0.2) is 0 Å². The molecule has 0 spiro atoms. The van der Waals surface area contributed by atoms with Crippen molar-refractivity contribution in [3.8, 4) is 0 Å². The minimum atomic E-state index is -0.225. The van der Waals surface area contributed by atoms with Crippen LogP contribution >= 0.6 is 23.2 Å². The standard InChI is InChI=1S/C13H18Cl2N2O/c1-13(2)8-17(7-12(6-16)18-13)11-4-9(14)3-10(15)5-11/h3-5,12H,6-8,16H2,1-2H3. The smallest absolute Gasteiger partial charge is 0.0879 e. The van der Waals surface area contributed by atoms with E-state index in [2.05, 4.69) is 18.7 Å². The predicted octanol–water partition coefficient (Wildman–Crippen LogP) is 2.94. The van der Waals surface area contributed by atoms with Crippen LogP contribution in [0.4, 0.5) is 5.69 Å². The third kappa shape index (κ3) is 3.29. The van der Waals surface area contributed by atoms with Gasteiger partial charge < -0.3 is 15.4 Å². The Morgan fingerprint density at radius 3 is 2.50 bits per heavy atom. The lowest BCUT2D eigenvalue weighted by atomic mass is 10.0. The third-order valence-electron chi connectivity index (χ3n) is 2.96. The Bertz CT molecular complexity index is 417. The lowest BCUT2D eigenvalue weighted by molar-refractivity contribution is -0.0788. The van der Waals surface area contributed by atoms with E-state index in [0.29, 0.717) is 16.6 Å². The lowest BCUT2D eigenvalue weighted by Gasteiger charge is -2.43. The van der Waals surface area contributed by atoms with Crippen LogP contribution in [0.2, 0.25) is 10.0 Å². The number of benzene rings is 1. The summed E-state index contributed by atoms with van der Waals surface area (Å²) in [6.45, 7) is 6.19. The van der Waals surface area contributed by atoms with Crippen LogP contribution in [0.25, 0.3) is 0 Å². The second-order valence-corrected chi connectivity index (χ2v) is 6.12. The number of hydrogen-bond donors (Lipinski definition) is 1. The molecular weight excluding hydrogens is 271 g/mol. The number of anilines is 1. The summed E-state index contributed by atoms with van der Waals surface area (Å²) in [5.41, 5.74) is 6.51. The van der Waals surface area contributed by atoms with Gasteiger partial charge in [-0.3, -0.25) is 0 Å². The molecule has 2 rings (SSSR count). The average Bonchev–Trinajstić information content (AvgIpc) is 2.25. The molecule has 1 atom stereocenters. The first-order chi connectivity index (χ1) is 8.39. The number of ether oxygens (including phenoxy) is 1. The van der Waals surface area contributed by atoms with Gasteiger partial charge in [-0.2, -0.15) is 0 Å². The molecule has 2 N–H and O–H groups in total. The van der Waals surface area contributed by atoms with Crippen molar-refractivity contribution in [2.75, 3.05) is 24.5 Å². The number of nitrogens with zero attached hydrogens (tertiary/aromatic N) is 1. The summed E-state index contributed by atoms with van der Waals surface area (Å²) in [4.78, 5) is 2.22. The highest BCUT2D eigenvalue weighted by Gasteiger charge is 2.32. The maximum Gasteiger partial charge on any atom is 0.0879 e. The molecule has 1 aliphatic rings. The molecule has 0 aromatic heterocycles. The van der Waals surface area contributed by atoms with Crippen molar-refractivity contribution in [1.29, 1.82) is 0 Å². The number of nitrogens with two attached hydrogens (primary N) is 1. The van der Waals surface area contributed by atoms with Crippen LogP contribution in [0, 0.1) is 0 Å². The molecule has 0 aliphatic carbocycles. The number of morpholine rings is 1. The molecule has 0 amide bonds. The highest BCUT2D eigenvalue weighted by molar-refractivity contribution is 6.35. The van der Waals surface area contributed by atoms with E-state index in [1.165, 1.54) is 0 Å². The molecule has 1 heterocycles. The van der Waals surface area contributed by atoms with Crippen molar-refractivity contribution in [3.63, 3.8) is 0 Å². The normalized spacial score (nSPS) is 23.2. The zero-order valence-electron chi connectivity index (χ0n) is 10.6. The lowest BCUT2D eigenvalue weighted by Crippen LogP contribution is -2.54. The summed E-state index contributed by atoms with van der Waals surface area (Å²) in [6.07, 6.45) is 0.0338. The molecule has 18 heavy (non-hydrogen) atoms. The van der Waals surface area contributed by atoms with Crippen LogP contribution in [-0.2, 0) is 4.74 Å². The Balaban J connectivity index is 2.26. The zero-order valence-corrected chi connectivity index (χ0v) is 12.1. The quantitative estimate of drug-likeness (QED) is 0.909. The van der Waals surface area contributed by atoms with Gasteiger partial charge in [-0.15, -0.1) is 0 Å². The van der Waals surface area contributed by atoms with Gasteiger partial charge in [0.25, 0.3) is 0 Å². The molecular formula is C13H18Cl2N2O. The van der Waals surface area contributed by atoms with Gasteiger partial charge in [-0.1, -0.05) is 23.2 Å². The van der Waals surface area contributed by atoms with E-state index >= 15 is 0 Å². The fourth-order valence-corrected chi connectivity index (χ4v) is 2.85. The van der Waals surface area contributed by atoms with E-state index in [9.17, 15) is 0 Å². The first kappa shape index (κ1) is 13.9. The van der Waals surface area contributed by atoms with Gasteiger partial charge in [0.2, 0.25) is 0 Å². The van der Waals surface area contributed by atoms with Gasteiger partial charge >= 0.3 is 0 Å². The van der Waals surface area contributed by atoms with Crippen molar-refractivity contribution in [1.82, 2.24) is 0 Å². The third-order valence-corrected chi connectivity index (χ3v) is 3.39. The molecule has 1 aromatic rings. The molecule has 1 unspecified atom stereocenters. The molecule has 3 nitrogen and oxygen atoms in total. The maximum atomic E-state index is 6.04. The van der Waals surface area contributed by atoms with Crippen LogP contribution in [-0.4, -0.2) is 31.3 Å². The molecule has 1 saturated heterocycles. The minimum Gasteiger partial charge on any atom is -0.367 e. The summed E-state index contributed by atoms with van der Waals surface area (Å²) in [6, 6.07) is 5.57. The molecule has 1 fully saturated rings. The Kier molecular flexibility index (Phi) is 4.07. The summed E-state index contributed by atoms with van der Waals surface area (Å²) in [5, 5.41) is 1.29. The van der Waals surface area contributed by atoms with E-state index < -0.39 is 0 Å². The van der Waals surface area contributed by atoms with Crippen LogP contribution in [0.1, 0.15) is 13.8 Å². The van der Waals surface area contributed by atoms with Crippen molar-refractivity contribution in [3.05, 3.63) is 28.2 Å². The molecule has 1 aliphatic heterocycles. The molecule has 0 bridgehead atoms. The average molecular weight is 289 g/mol. The highest BCUT2D eigenvalue weighted by atomic mass is 35.5. The summed E-state index contributed by atoms with van der Waals surface area (Å²) >= 11 is 12.1. The fourth-order valence-electron chi connectivity index (χ4n) is 2.34. The fraction of sp³-hybridized carbons (Fsp3) is 0.538. The molecule has 100 valence electrons. The van der Waals surface area contributed by atoms with E-state index in [4.69, 9.17) is 33.7 Å². The minimum absolute atomic E-state index is 0.0338. The molecule has 1 aromatic carbocycles. The summed E-state index contributed by atoms with van der Waals surface area (Å²) in [5.74, 6) is 0. The van der Waals surface area contributed by atoms with Crippen LogP contribution in [0.5, 0.6) is 0 Å². The Morgan fingerprint density at radius 2 is 1.94 bits per heavy atom. The van der Waals surface area contributed by atoms with Crippen molar-refractivity contribution in [2.45, 2.75) is 25.6 Å². The molecule has 0 radical (unpaired) electrons. The van der Waals surface area contributed by atoms with Crippen molar-refractivity contribution >= 4 is 28.9 Å². The topological polar surface area (TPSA) is 38.5 Å². The van der Waals surface area contributed by atoms with E-state index in [1.807, 2.05) is 12.1 Å². The highest BCUT2D eigenvalue weighted by Crippen LogP contribution is 2.30. The first-order valence-electron chi connectivity index (χ1n) is 5.98. The second kappa shape index (κ2) is 5.25. The first-order valence-corrected chi connectivity index (χ1v) is 6.74. The van der Waals surface area contributed by atoms with Gasteiger partial charge in [0.1, 0.15) is 0 Å². The maximum absolute atomic E-state index is 6.04.